The number of hydrogen-bond donors (Lipinski definition) is 0. The van der Waals surface area contributed by atoms with E-state index in [1.165, 1.54) is 12.0 Å². The maximum Gasteiger partial charge on any atom is 0.0411 e. The minimum atomic E-state index is 0.800. The highest BCUT2D eigenvalue weighted by molar-refractivity contribution is 6.30. The third-order valence-electron chi connectivity index (χ3n) is 1.61. The van der Waals surface area contributed by atoms with Gasteiger partial charge < -0.3 is 0 Å². The van der Waals surface area contributed by atoms with Gasteiger partial charge in [0.2, 0.25) is 0 Å². The van der Waals surface area contributed by atoms with Crippen LogP contribution in [0.2, 0.25) is 5.02 Å². The van der Waals surface area contributed by atoms with Crippen molar-refractivity contribution in [2.45, 2.75) is 19.8 Å². The fourth-order valence-electron chi connectivity index (χ4n) is 0.996. The zero-order chi connectivity index (χ0) is 8.81. The molecule has 0 unspecified atom stereocenters. The Hall–Kier alpha value is -0.750. The molecule has 1 aromatic rings. The van der Waals surface area contributed by atoms with Crippen LogP contribution in [0, 0.1) is 0 Å². The molecule has 0 amide bonds. The lowest BCUT2D eigenvalue weighted by atomic mass is 10.2. The lowest BCUT2D eigenvalue weighted by Crippen LogP contribution is -1.70. The van der Waals surface area contributed by atoms with Gasteiger partial charge in [-0.15, -0.1) is 0 Å². The lowest BCUT2D eigenvalue weighted by molar-refractivity contribution is 0.962. The Balaban J connectivity index is 2.63. The molecule has 0 heterocycles. The van der Waals surface area contributed by atoms with Crippen LogP contribution in [0.4, 0.5) is 0 Å². The van der Waals surface area contributed by atoms with Gasteiger partial charge in [0.05, 0.1) is 0 Å². The third-order valence-corrected chi connectivity index (χ3v) is 1.85. The monoisotopic (exact) mass is 180 g/mol. The predicted octanol–water partition coefficient (Wildman–Crippen LogP) is 4.15. The maximum absolute atomic E-state index is 5.82. The number of rotatable bonds is 3. The molecule has 0 fully saturated rings. The molecule has 0 aliphatic rings. The summed E-state index contributed by atoms with van der Waals surface area (Å²) in [5, 5.41) is 0.800. The minimum absolute atomic E-state index is 0.800. The minimum Gasteiger partial charge on any atom is -0.0843 e. The molecule has 0 atom stereocenters. The van der Waals surface area contributed by atoms with Crippen LogP contribution in [0.1, 0.15) is 25.3 Å². The van der Waals surface area contributed by atoms with E-state index < -0.39 is 0 Å². The molecular formula is C11H13Cl. The third kappa shape index (κ3) is 3.10. The van der Waals surface area contributed by atoms with Crippen LogP contribution in [0.15, 0.2) is 30.3 Å². The van der Waals surface area contributed by atoms with Gasteiger partial charge in [0.25, 0.3) is 0 Å². The standard InChI is InChI=1S/C11H13Cl/c1-2-3-4-6-10-7-5-8-11(12)9-10/h4-9H,2-3H2,1H3. The van der Waals surface area contributed by atoms with Gasteiger partial charge in [0.1, 0.15) is 0 Å². The van der Waals surface area contributed by atoms with Crippen molar-refractivity contribution in [1.29, 1.82) is 0 Å². The Bertz CT molecular complexity index is 263. The van der Waals surface area contributed by atoms with Gasteiger partial charge in [-0.05, 0) is 24.1 Å². The van der Waals surface area contributed by atoms with Crippen molar-refractivity contribution < 1.29 is 0 Å². The summed E-state index contributed by atoms with van der Waals surface area (Å²) in [4.78, 5) is 0. The highest BCUT2D eigenvalue weighted by atomic mass is 35.5. The quantitative estimate of drug-likeness (QED) is 0.656. The first-order valence-electron chi connectivity index (χ1n) is 4.25. The molecule has 1 aromatic carbocycles. The van der Waals surface area contributed by atoms with E-state index >= 15 is 0 Å². The molecule has 0 radical (unpaired) electrons. The van der Waals surface area contributed by atoms with Crippen LogP contribution in [-0.4, -0.2) is 0 Å². The molecule has 1 heteroatoms. The normalized spacial score (nSPS) is 10.8. The summed E-state index contributed by atoms with van der Waals surface area (Å²) >= 11 is 5.82. The topological polar surface area (TPSA) is 0 Å². The lowest BCUT2D eigenvalue weighted by Gasteiger charge is -1.93. The van der Waals surface area contributed by atoms with Crippen LogP contribution < -0.4 is 0 Å². The summed E-state index contributed by atoms with van der Waals surface area (Å²) in [7, 11) is 0. The molecule has 64 valence electrons. The van der Waals surface area contributed by atoms with Gasteiger partial charge >= 0.3 is 0 Å². The largest absolute Gasteiger partial charge is 0.0843 e. The summed E-state index contributed by atoms with van der Waals surface area (Å²) in [6, 6.07) is 7.87. The van der Waals surface area contributed by atoms with Crippen molar-refractivity contribution in [1.82, 2.24) is 0 Å². The van der Waals surface area contributed by atoms with E-state index in [2.05, 4.69) is 25.1 Å². The van der Waals surface area contributed by atoms with Gasteiger partial charge in [-0.3, -0.25) is 0 Å². The SMILES string of the molecule is CCCC=Cc1cccc(Cl)c1. The second-order valence-electron chi connectivity index (χ2n) is 2.75. The number of halogens is 1. The van der Waals surface area contributed by atoms with Crippen LogP contribution in [0.5, 0.6) is 0 Å². The van der Waals surface area contributed by atoms with E-state index in [1.807, 2.05) is 18.2 Å². The molecule has 0 spiro atoms. The van der Waals surface area contributed by atoms with E-state index in [0.717, 1.165) is 11.4 Å². The van der Waals surface area contributed by atoms with E-state index in [9.17, 15) is 0 Å². The van der Waals surface area contributed by atoms with E-state index in [-0.39, 0.29) is 0 Å². The molecule has 0 bridgehead atoms. The molecule has 0 N–H and O–H groups in total. The molecule has 0 nitrogen and oxygen atoms in total. The van der Waals surface area contributed by atoms with Gasteiger partial charge in [0, 0.05) is 5.02 Å². The van der Waals surface area contributed by atoms with Crippen molar-refractivity contribution >= 4 is 17.7 Å². The highest BCUT2D eigenvalue weighted by Gasteiger charge is 1.87. The number of benzene rings is 1. The van der Waals surface area contributed by atoms with Crippen LogP contribution >= 0.6 is 11.6 Å². The number of unbranched alkanes of at least 4 members (excludes halogenated alkanes) is 1. The van der Waals surface area contributed by atoms with Gasteiger partial charge in [-0.1, -0.05) is 49.2 Å². The second-order valence-corrected chi connectivity index (χ2v) is 3.18. The molecule has 0 saturated heterocycles. The van der Waals surface area contributed by atoms with Crippen LogP contribution in [0.25, 0.3) is 6.08 Å². The maximum atomic E-state index is 5.82. The molecule has 12 heavy (non-hydrogen) atoms. The first-order chi connectivity index (χ1) is 5.83. The molecule has 1 rings (SSSR count). The van der Waals surface area contributed by atoms with E-state index in [0.29, 0.717) is 0 Å². The summed E-state index contributed by atoms with van der Waals surface area (Å²) in [5.74, 6) is 0. The number of allylic oxidation sites excluding steroid dienone is 1. The second kappa shape index (κ2) is 5.00. The number of hydrogen-bond acceptors (Lipinski definition) is 0. The first kappa shape index (κ1) is 9.34. The molecule has 0 saturated carbocycles. The van der Waals surface area contributed by atoms with Crippen molar-refractivity contribution in [3.05, 3.63) is 40.9 Å². The average molecular weight is 181 g/mol. The average Bonchev–Trinajstić information content (AvgIpc) is 2.05. The zero-order valence-corrected chi connectivity index (χ0v) is 8.01. The van der Waals surface area contributed by atoms with Crippen LogP contribution in [-0.2, 0) is 0 Å². The van der Waals surface area contributed by atoms with Crippen molar-refractivity contribution in [2.75, 3.05) is 0 Å². The first-order valence-corrected chi connectivity index (χ1v) is 4.63. The molecule has 0 aliphatic heterocycles. The summed E-state index contributed by atoms with van der Waals surface area (Å²) in [5.41, 5.74) is 1.18. The summed E-state index contributed by atoms with van der Waals surface area (Å²) in [6.07, 6.45) is 6.60. The Morgan fingerprint density at radius 3 is 2.92 bits per heavy atom. The molecular weight excluding hydrogens is 168 g/mol. The van der Waals surface area contributed by atoms with E-state index in [1.54, 1.807) is 0 Å². The van der Waals surface area contributed by atoms with Gasteiger partial charge in [-0.25, -0.2) is 0 Å². The van der Waals surface area contributed by atoms with Crippen LogP contribution in [0.3, 0.4) is 0 Å². The summed E-state index contributed by atoms with van der Waals surface area (Å²) < 4.78 is 0. The fourth-order valence-corrected chi connectivity index (χ4v) is 1.20. The fraction of sp³-hybridized carbons (Fsp3) is 0.273. The summed E-state index contributed by atoms with van der Waals surface area (Å²) in [6.45, 7) is 2.17. The van der Waals surface area contributed by atoms with Gasteiger partial charge in [-0.2, -0.15) is 0 Å². The molecule has 0 aromatic heterocycles. The highest BCUT2D eigenvalue weighted by Crippen LogP contribution is 2.12. The van der Waals surface area contributed by atoms with Crippen molar-refractivity contribution in [2.24, 2.45) is 0 Å². The molecule has 0 aliphatic carbocycles. The Labute approximate surface area is 78.9 Å². The Morgan fingerprint density at radius 1 is 1.42 bits per heavy atom. The van der Waals surface area contributed by atoms with Gasteiger partial charge in [0.15, 0.2) is 0 Å². The predicted molar refractivity (Wildman–Crippen MR) is 55.4 cm³/mol. The van der Waals surface area contributed by atoms with Crippen molar-refractivity contribution in [3.8, 4) is 0 Å². The van der Waals surface area contributed by atoms with Crippen molar-refractivity contribution in [3.63, 3.8) is 0 Å². The van der Waals surface area contributed by atoms with E-state index in [4.69, 9.17) is 11.6 Å². The zero-order valence-electron chi connectivity index (χ0n) is 7.26. The smallest absolute Gasteiger partial charge is 0.0411 e. The Kier molecular flexibility index (Phi) is 3.89. The Morgan fingerprint density at radius 2 is 2.25 bits per heavy atom.